The summed E-state index contributed by atoms with van der Waals surface area (Å²) in [5.41, 5.74) is 3.96. The first-order valence-electron chi connectivity index (χ1n) is 8.83. The molecular formula is C21H24N2O5. The summed E-state index contributed by atoms with van der Waals surface area (Å²) in [6.45, 7) is 5.64. The van der Waals surface area contributed by atoms with Crippen molar-refractivity contribution in [3.8, 4) is 22.9 Å². The molecule has 3 rings (SSSR count). The van der Waals surface area contributed by atoms with E-state index >= 15 is 0 Å². The number of aromatic nitrogens is 2. The van der Waals surface area contributed by atoms with Gasteiger partial charge in [0.05, 0.1) is 24.9 Å². The minimum atomic E-state index is -0.250. The number of hydrogen-bond donors (Lipinski definition) is 1. The van der Waals surface area contributed by atoms with E-state index in [0.717, 1.165) is 33.5 Å². The van der Waals surface area contributed by atoms with Crippen LogP contribution in [0.5, 0.6) is 11.6 Å². The third-order valence-electron chi connectivity index (χ3n) is 3.93. The second kappa shape index (κ2) is 10.8. The van der Waals surface area contributed by atoms with Gasteiger partial charge in [-0.25, -0.2) is 9.97 Å². The summed E-state index contributed by atoms with van der Waals surface area (Å²) in [5, 5.41) is 7.97. The van der Waals surface area contributed by atoms with Gasteiger partial charge in [-0.15, -0.1) is 0 Å². The Morgan fingerprint density at radius 1 is 1.14 bits per heavy atom. The van der Waals surface area contributed by atoms with Crippen molar-refractivity contribution in [1.29, 1.82) is 0 Å². The highest BCUT2D eigenvalue weighted by atomic mass is 16.5. The number of rotatable bonds is 7. The van der Waals surface area contributed by atoms with E-state index < -0.39 is 0 Å². The Hall–Kier alpha value is -3.19. The molecule has 0 saturated heterocycles. The van der Waals surface area contributed by atoms with Gasteiger partial charge in [-0.3, -0.25) is 4.79 Å². The number of pyridine rings is 2. The van der Waals surface area contributed by atoms with Gasteiger partial charge in [-0.1, -0.05) is 0 Å². The molecule has 0 aliphatic heterocycles. The maximum Gasteiger partial charge on any atom is 0.290 e. The van der Waals surface area contributed by atoms with Crippen LogP contribution in [0.1, 0.15) is 12.5 Å². The van der Waals surface area contributed by atoms with Crippen molar-refractivity contribution in [3.63, 3.8) is 0 Å². The van der Waals surface area contributed by atoms with Crippen LogP contribution in [-0.2, 0) is 9.53 Å². The van der Waals surface area contributed by atoms with Gasteiger partial charge in [0.25, 0.3) is 6.47 Å². The Labute approximate surface area is 163 Å². The summed E-state index contributed by atoms with van der Waals surface area (Å²) in [4.78, 5) is 17.3. The highest BCUT2D eigenvalue weighted by molar-refractivity contribution is 5.86. The molecule has 7 heteroatoms. The van der Waals surface area contributed by atoms with E-state index in [1.165, 1.54) is 0 Å². The van der Waals surface area contributed by atoms with Crippen LogP contribution >= 0.6 is 0 Å². The SMILES string of the molecule is CCOCCOc1ccc2nc(-c3ccnc(OC)c3)cc(C)c2c1.O=CO. The highest BCUT2D eigenvalue weighted by Crippen LogP contribution is 2.28. The Morgan fingerprint density at radius 2 is 1.93 bits per heavy atom. The van der Waals surface area contributed by atoms with Crippen LogP contribution in [0, 0.1) is 6.92 Å². The Balaban J connectivity index is 0.000000878. The maximum absolute atomic E-state index is 8.36. The van der Waals surface area contributed by atoms with E-state index in [0.29, 0.717) is 25.7 Å². The standard InChI is InChI=1S/C20H22N2O3.CH2O2/c1-4-24-9-10-25-16-5-6-18-17(13-16)14(2)11-19(22-18)15-7-8-21-20(12-15)23-3;2-1-3/h5-8,11-13H,4,9-10H2,1-3H3;1H,(H,2,3). The Morgan fingerprint density at radius 3 is 2.64 bits per heavy atom. The summed E-state index contributed by atoms with van der Waals surface area (Å²) in [6, 6.07) is 11.8. The molecule has 0 spiro atoms. The number of ether oxygens (including phenoxy) is 3. The van der Waals surface area contributed by atoms with Gasteiger partial charge in [-0.05, 0) is 49.7 Å². The molecule has 0 aliphatic carbocycles. The molecule has 0 fully saturated rings. The van der Waals surface area contributed by atoms with Crippen molar-refractivity contribution in [2.75, 3.05) is 26.9 Å². The van der Waals surface area contributed by atoms with Gasteiger partial charge in [0.15, 0.2) is 0 Å². The summed E-state index contributed by atoms with van der Waals surface area (Å²) >= 11 is 0. The number of hydrogen-bond acceptors (Lipinski definition) is 6. The fraction of sp³-hybridized carbons (Fsp3) is 0.286. The highest BCUT2D eigenvalue weighted by Gasteiger charge is 2.08. The molecule has 28 heavy (non-hydrogen) atoms. The fourth-order valence-corrected chi connectivity index (χ4v) is 2.65. The molecule has 0 radical (unpaired) electrons. The predicted octanol–water partition coefficient (Wildman–Crippen LogP) is 3.73. The minimum absolute atomic E-state index is 0.250. The number of fused-ring (bicyclic) bond motifs is 1. The smallest absolute Gasteiger partial charge is 0.290 e. The molecule has 148 valence electrons. The van der Waals surface area contributed by atoms with Crippen molar-refractivity contribution in [2.45, 2.75) is 13.8 Å². The van der Waals surface area contributed by atoms with Gasteiger partial charge >= 0.3 is 0 Å². The molecule has 7 nitrogen and oxygen atoms in total. The van der Waals surface area contributed by atoms with Gasteiger partial charge in [0.1, 0.15) is 12.4 Å². The van der Waals surface area contributed by atoms with E-state index in [4.69, 9.17) is 29.1 Å². The number of aryl methyl sites for hydroxylation is 1. The molecule has 1 aromatic carbocycles. The number of carbonyl (C=O) groups is 1. The van der Waals surface area contributed by atoms with Crippen LogP contribution in [0.2, 0.25) is 0 Å². The summed E-state index contributed by atoms with van der Waals surface area (Å²) < 4.78 is 16.2. The number of methoxy groups -OCH3 is 1. The molecule has 0 bridgehead atoms. The summed E-state index contributed by atoms with van der Waals surface area (Å²) in [7, 11) is 1.61. The van der Waals surface area contributed by atoms with E-state index in [1.54, 1.807) is 13.3 Å². The Kier molecular flexibility index (Phi) is 8.17. The van der Waals surface area contributed by atoms with Crippen molar-refractivity contribution >= 4 is 17.4 Å². The predicted molar refractivity (Wildman–Crippen MR) is 107 cm³/mol. The topological polar surface area (TPSA) is 90.8 Å². The minimum Gasteiger partial charge on any atom is -0.491 e. The third kappa shape index (κ3) is 5.65. The molecule has 0 aliphatic rings. The van der Waals surface area contributed by atoms with Crippen LogP contribution in [-0.4, -0.2) is 48.5 Å². The van der Waals surface area contributed by atoms with E-state index in [9.17, 15) is 0 Å². The van der Waals surface area contributed by atoms with Crippen molar-refractivity contribution < 1.29 is 24.1 Å². The van der Waals surface area contributed by atoms with Crippen LogP contribution in [0.4, 0.5) is 0 Å². The largest absolute Gasteiger partial charge is 0.491 e. The average molecular weight is 384 g/mol. The zero-order valence-electron chi connectivity index (χ0n) is 16.2. The molecule has 2 aromatic heterocycles. The first-order valence-corrected chi connectivity index (χ1v) is 8.83. The van der Waals surface area contributed by atoms with Crippen molar-refractivity contribution in [1.82, 2.24) is 9.97 Å². The van der Waals surface area contributed by atoms with Crippen molar-refractivity contribution in [3.05, 3.63) is 48.2 Å². The lowest BCUT2D eigenvalue weighted by atomic mass is 10.1. The van der Waals surface area contributed by atoms with Crippen LogP contribution < -0.4 is 9.47 Å². The zero-order chi connectivity index (χ0) is 20.4. The molecule has 3 aromatic rings. The van der Waals surface area contributed by atoms with E-state index in [1.807, 2.05) is 37.3 Å². The lowest BCUT2D eigenvalue weighted by Gasteiger charge is -2.10. The lowest BCUT2D eigenvalue weighted by molar-refractivity contribution is -0.122. The molecule has 0 amide bonds. The first kappa shape index (κ1) is 21.1. The van der Waals surface area contributed by atoms with Gasteiger partial charge < -0.3 is 19.3 Å². The monoisotopic (exact) mass is 384 g/mol. The van der Waals surface area contributed by atoms with Gasteiger partial charge in [0.2, 0.25) is 5.88 Å². The molecule has 0 saturated carbocycles. The number of benzene rings is 1. The van der Waals surface area contributed by atoms with Crippen LogP contribution in [0.3, 0.4) is 0 Å². The molecule has 1 N–H and O–H groups in total. The summed E-state index contributed by atoms with van der Waals surface area (Å²) in [5.74, 6) is 1.41. The average Bonchev–Trinajstić information content (AvgIpc) is 2.72. The van der Waals surface area contributed by atoms with Crippen molar-refractivity contribution in [2.24, 2.45) is 0 Å². The number of nitrogens with zero attached hydrogens (tertiary/aromatic N) is 2. The normalized spacial score (nSPS) is 10.1. The zero-order valence-corrected chi connectivity index (χ0v) is 16.2. The molecule has 0 unspecified atom stereocenters. The van der Waals surface area contributed by atoms with Crippen LogP contribution in [0.15, 0.2) is 42.6 Å². The van der Waals surface area contributed by atoms with Gasteiger partial charge in [0, 0.05) is 29.8 Å². The summed E-state index contributed by atoms with van der Waals surface area (Å²) in [6.07, 6.45) is 1.73. The van der Waals surface area contributed by atoms with E-state index in [2.05, 4.69) is 18.0 Å². The van der Waals surface area contributed by atoms with Gasteiger partial charge in [-0.2, -0.15) is 0 Å². The van der Waals surface area contributed by atoms with Crippen LogP contribution in [0.25, 0.3) is 22.2 Å². The second-order valence-electron chi connectivity index (χ2n) is 5.74. The lowest BCUT2D eigenvalue weighted by Crippen LogP contribution is -2.06. The maximum atomic E-state index is 8.36. The molecule has 2 heterocycles. The van der Waals surface area contributed by atoms with E-state index in [-0.39, 0.29) is 6.47 Å². The molecular weight excluding hydrogens is 360 g/mol. The fourth-order valence-electron chi connectivity index (χ4n) is 2.65. The Bertz CT molecular complexity index is 914. The first-order chi connectivity index (χ1) is 13.6. The number of carboxylic acid groups (broad SMARTS) is 1. The quantitative estimate of drug-likeness (QED) is 0.490. The molecule has 0 atom stereocenters. The second-order valence-corrected chi connectivity index (χ2v) is 5.74. The third-order valence-corrected chi connectivity index (χ3v) is 3.93.